The lowest BCUT2D eigenvalue weighted by atomic mass is 10.00. The first-order valence-corrected chi connectivity index (χ1v) is 8.38. The van der Waals surface area contributed by atoms with Crippen LogP contribution < -0.4 is 4.90 Å². The minimum atomic E-state index is -0.444. The summed E-state index contributed by atoms with van der Waals surface area (Å²) in [7, 11) is 1.81. The second-order valence-electron chi connectivity index (χ2n) is 6.70. The van der Waals surface area contributed by atoms with E-state index in [0.717, 1.165) is 36.3 Å². The molecule has 2 aliphatic rings. The minimum Gasteiger partial charge on any atom is -0.388 e. The van der Waals surface area contributed by atoms with Crippen molar-refractivity contribution in [3.63, 3.8) is 0 Å². The molecule has 2 atom stereocenters. The molecule has 1 aromatic rings. The van der Waals surface area contributed by atoms with Crippen molar-refractivity contribution in [1.82, 2.24) is 4.90 Å². The highest BCUT2D eigenvalue weighted by atomic mass is 16.3. The number of nitrogens with zero attached hydrogens (tertiary/aromatic N) is 2. The Morgan fingerprint density at radius 3 is 2.95 bits per heavy atom. The van der Waals surface area contributed by atoms with E-state index in [0.29, 0.717) is 12.5 Å². The van der Waals surface area contributed by atoms with Crippen LogP contribution in [0.25, 0.3) is 0 Å². The lowest BCUT2D eigenvalue weighted by Crippen LogP contribution is -2.38. The molecule has 2 heterocycles. The predicted molar refractivity (Wildman–Crippen MR) is 88.0 cm³/mol. The van der Waals surface area contributed by atoms with Gasteiger partial charge < -0.3 is 14.9 Å². The van der Waals surface area contributed by atoms with Crippen LogP contribution in [0.5, 0.6) is 0 Å². The van der Waals surface area contributed by atoms with Crippen molar-refractivity contribution in [2.45, 2.75) is 51.2 Å². The molecule has 1 saturated heterocycles. The van der Waals surface area contributed by atoms with Crippen LogP contribution in [0.4, 0.5) is 5.69 Å². The highest BCUT2D eigenvalue weighted by Gasteiger charge is 2.25. The third kappa shape index (κ3) is 3.03. The Hall–Kier alpha value is -1.39. The Morgan fingerprint density at radius 1 is 1.36 bits per heavy atom. The molecule has 1 aromatic carbocycles. The maximum absolute atomic E-state index is 11.7. The number of aliphatic hydroxyl groups is 1. The van der Waals surface area contributed by atoms with Crippen molar-refractivity contribution in [3.05, 3.63) is 29.3 Å². The molecule has 1 amide bonds. The normalized spacial score (nSPS) is 23.7. The van der Waals surface area contributed by atoms with E-state index in [1.165, 1.54) is 19.3 Å². The highest BCUT2D eigenvalue weighted by molar-refractivity contribution is 6.00. The number of benzene rings is 1. The van der Waals surface area contributed by atoms with Crippen LogP contribution in [-0.2, 0) is 11.2 Å². The van der Waals surface area contributed by atoms with Gasteiger partial charge in [0.1, 0.15) is 0 Å². The van der Waals surface area contributed by atoms with Crippen LogP contribution in [0, 0.1) is 0 Å². The first-order valence-electron chi connectivity index (χ1n) is 8.38. The van der Waals surface area contributed by atoms with Gasteiger partial charge in [-0.3, -0.25) is 4.79 Å². The molecule has 0 radical (unpaired) electrons. The fourth-order valence-electron chi connectivity index (χ4n) is 3.64. The van der Waals surface area contributed by atoms with E-state index < -0.39 is 6.10 Å². The van der Waals surface area contributed by atoms with Crippen LogP contribution in [-0.4, -0.2) is 42.1 Å². The molecular weight excluding hydrogens is 276 g/mol. The summed E-state index contributed by atoms with van der Waals surface area (Å²) in [4.78, 5) is 15.9. The summed E-state index contributed by atoms with van der Waals surface area (Å²) in [5.41, 5.74) is 2.95. The molecule has 0 saturated carbocycles. The van der Waals surface area contributed by atoms with E-state index in [9.17, 15) is 9.90 Å². The fraction of sp³-hybridized carbons (Fsp3) is 0.611. The third-order valence-electron chi connectivity index (χ3n) is 5.20. The Kier molecular flexibility index (Phi) is 4.50. The Morgan fingerprint density at radius 2 is 2.18 bits per heavy atom. The van der Waals surface area contributed by atoms with Crippen molar-refractivity contribution in [1.29, 1.82) is 0 Å². The van der Waals surface area contributed by atoms with Crippen molar-refractivity contribution >= 4 is 11.6 Å². The lowest BCUT2D eigenvalue weighted by molar-refractivity contribution is -0.117. The summed E-state index contributed by atoms with van der Waals surface area (Å²) >= 11 is 0. The molecule has 4 heteroatoms. The van der Waals surface area contributed by atoms with E-state index in [-0.39, 0.29) is 5.91 Å². The number of carbonyl (C=O) groups excluding carboxylic acids is 1. The SMILES string of the molecule is CC1CCCCN1CCC(O)c1ccc2c(c1)CC(=O)N2C. The molecular formula is C18H26N2O2. The second-order valence-corrected chi connectivity index (χ2v) is 6.70. The molecule has 120 valence electrons. The van der Waals surface area contributed by atoms with Gasteiger partial charge in [-0.2, -0.15) is 0 Å². The molecule has 3 rings (SSSR count). The summed E-state index contributed by atoms with van der Waals surface area (Å²) in [5.74, 6) is 0.129. The average Bonchev–Trinajstić information content (AvgIpc) is 2.80. The van der Waals surface area contributed by atoms with E-state index in [4.69, 9.17) is 0 Å². The summed E-state index contributed by atoms with van der Waals surface area (Å²) in [6, 6.07) is 6.55. The number of fused-ring (bicyclic) bond motifs is 1. The lowest BCUT2D eigenvalue weighted by Gasteiger charge is -2.33. The summed E-state index contributed by atoms with van der Waals surface area (Å²) in [6.45, 7) is 4.37. The van der Waals surface area contributed by atoms with Crippen molar-refractivity contribution < 1.29 is 9.90 Å². The van der Waals surface area contributed by atoms with Crippen molar-refractivity contribution in [2.24, 2.45) is 0 Å². The van der Waals surface area contributed by atoms with Crippen molar-refractivity contribution in [2.75, 3.05) is 25.0 Å². The van der Waals surface area contributed by atoms with Gasteiger partial charge in [0.05, 0.1) is 12.5 Å². The van der Waals surface area contributed by atoms with Gasteiger partial charge >= 0.3 is 0 Å². The zero-order valence-corrected chi connectivity index (χ0v) is 13.6. The number of carbonyl (C=O) groups is 1. The average molecular weight is 302 g/mol. The number of hydrogen-bond donors (Lipinski definition) is 1. The number of aliphatic hydroxyl groups excluding tert-OH is 1. The largest absolute Gasteiger partial charge is 0.388 e. The standard InChI is InChI=1S/C18H26N2O2/c1-13-5-3-4-9-20(13)10-8-17(21)14-6-7-16-15(11-14)12-18(22)19(16)2/h6-7,11,13,17,21H,3-5,8-10,12H2,1-2H3. The highest BCUT2D eigenvalue weighted by Crippen LogP contribution is 2.31. The van der Waals surface area contributed by atoms with E-state index in [1.807, 2.05) is 25.2 Å². The second kappa shape index (κ2) is 6.39. The van der Waals surface area contributed by atoms with Crippen LogP contribution >= 0.6 is 0 Å². The van der Waals surface area contributed by atoms with Crippen LogP contribution in [0.15, 0.2) is 18.2 Å². The first-order chi connectivity index (χ1) is 10.6. The Balaban J connectivity index is 1.62. The number of likely N-dealkylation sites (tertiary alicyclic amines) is 1. The molecule has 2 aliphatic heterocycles. The first kappa shape index (κ1) is 15.5. The van der Waals surface area contributed by atoms with Crippen LogP contribution in [0.3, 0.4) is 0 Å². The van der Waals surface area contributed by atoms with Gasteiger partial charge in [-0.15, -0.1) is 0 Å². The molecule has 2 unspecified atom stereocenters. The van der Waals surface area contributed by atoms with Gasteiger partial charge in [-0.1, -0.05) is 18.6 Å². The summed E-state index contributed by atoms with van der Waals surface area (Å²) in [6.07, 6.45) is 4.63. The Bertz CT molecular complexity index is 558. The maximum atomic E-state index is 11.7. The van der Waals surface area contributed by atoms with Crippen molar-refractivity contribution in [3.8, 4) is 0 Å². The monoisotopic (exact) mass is 302 g/mol. The quantitative estimate of drug-likeness (QED) is 0.929. The third-order valence-corrected chi connectivity index (χ3v) is 5.20. The van der Waals surface area contributed by atoms with Gasteiger partial charge in [0.25, 0.3) is 0 Å². The van der Waals surface area contributed by atoms with E-state index in [1.54, 1.807) is 4.90 Å². The smallest absolute Gasteiger partial charge is 0.231 e. The van der Waals surface area contributed by atoms with Gasteiger partial charge in [0.2, 0.25) is 5.91 Å². The number of hydrogen-bond acceptors (Lipinski definition) is 3. The molecule has 22 heavy (non-hydrogen) atoms. The van der Waals surface area contributed by atoms with E-state index >= 15 is 0 Å². The molecule has 0 bridgehead atoms. The summed E-state index contributed by atoms with van der Waals surface area (Å²) in [5, 5.41) is 10.5. The van der Waals surface area contributed by atoms with Crippen LogP contribution in [0.2, 0.25) is 0 Å². The number of likely N-dealkylation sites (N-methyl/N-ethyl adjacent to an activating group) is 1. The van der Waals surface area contributed by atoms with Gasteiger partial charge in [-0.05, 0) is 49.9 Å². The van der Waals surface area contributed by atoms with Gasteiger partial charge in [0.15, 0.2) is 0 Å². The van der Waals surface area contributed by atoms with Gasteiger partial charge in [-0.25, -0.2) is 0 Å². The predicted octanol–water partition coefficient (Wildman–Crippen LogP) is 2.50. The molecule has 4 nitrogen and oxygen atoms in total. The van der Waals surface area contributed by atoms with Gasteiger partial charge in [0, 0.05) is 25.3 Å². The number of rotatable bonds is 4. The zero-order chi connectivity index (χ0) is 15.7. The van der Waals surface area contributed by atoms with E-state index in [2.05, 4.69) is 11.8 Å². The topological polar surface area (TPSA) is 43.8 Å². The Labute approximate surface area is 132 Å². The fourth-order valence-corrected chi connectivity index (χ4v) is 3.64. The number of amides is 1. The molecule has 0 aliphatic carbocycles. The summed E-state index contributed by atoms with van der Waals surface area (Å²) < 4.78 is 0. The molecule has 1 fully saturated rings. The molecule has 0 aromatic heterocycles. The van der Waals surface area contributed by atoms with Crippen LogP contribution in [0.1, 0.15) is 49.8 Å². The number of anilines is 1. The molecule has 1 N–H and O–H groups in total. The minimum absolute atomic E-state index is 0.129. The number of piperidine rings is 1. The zero-order valence-electron chi connectivity index (χ0n) is 13.6. The maximum Gasteiger partial charge on any atom is 0.231 e. The molecule has 0 spiro atoms.